The van der Waals surface area contributed by atoms with Gasteiger partial charge < -0.3 is 10.6 Å². The lowest BCUT2D eigenvalue weighted by Gasteiger charge is -2.16. The van der Waals surface area contributed by atoms with E-state index in [4.69, 9.17) is 5.26 Å². The molecule has 150 valence electrons. The summed E-state index contributed by atoms with van der Waals surface area (Å²) in [6.07, 6.45) is 1.43. The second-order valence-electron chi connectivity index (χ2n) is 7.22. The zero-order chi connectivity index (χ0) is 21.7. The zero-order valence-electron chi connectivity index (χ0n) is 17.1. The first-order chi connectivity index (χ1) is 14.4. The average molecular weight is 398 g/mol. The number of nitrogens with one attached hydrogen (secondary N) is 2. The van der Waals surface area contributed by atoms with Gasteiger partial charge in [0.15, 0.2) is 0 Å². The molecule has 0 atom stereocenters. The Bertz CT molecular complexity index is 1130. The predicted molar refractivity (Wildman–Crippen MR) is 117 cm³/mol. The van der Waals surface area contributed by atoms with E-state index in [-0.39, 0.29) is 17.5 Å². The van der Waals surface area contributed by atoms with Crippen molar-refractivity contribution >= 4 is 23.2 Å². The summed E-state index contributed by atoms with van der Waals surface area (Å²) in [7, 11) is 0. The fourth-order valence-electron chi connectivity index (χ4n) is 3.05. The minimum Gasteiger partial charge on any atom is -0.321 e. The molecule has 1 aromatic heterocycles. The van der Waals surface area contributed by atoms with Crippen LogP contribution in [0.4, 0.5) is 11.4 Å². The van der Waals surface area contributed by atoms with Crippen LogP contribution in [0.15, 0.2) is 60.8 Å². The molecule has 30 heavy (non-hydrogen) atoms. The molecule has 0 aliphatic heterocycles. The van der Waals surface area contributed by atoms with Crippen LogP contribution in [-0.2, 0) is 0 Å². The SMILES string of the molecule is Cc1cccc(C(C)C)c1NC(=O)c1ccnc(C(=O)Nc2ccc(C#N)cc2)c1. The van der Waals surface area contributed by atoms with E-state index in [9.17, 15) is 9.59 Å². The highest BCUT2D eigenvalue weighted by Crippen LogP contribution is 2.27. The van der Waals surface area contributed by atoms with Crippen molar-refractivity contribution in [3.05, 3.63) is 88.7 Å². The number of aryl methyl sites for hydroxylation is 1. The fraction of sp³-hybridized carbons (Fsp3) is 0.167. The average Bonchev–Trinajstić information content (AvgIpc) is 2.75. The van der Waals surface area contributed by atoms with Gasteiger partial charge in [-0.3, -0.25) is 14.6 Å². The number of anilines is 2. The lowest BCUT2D eigenvalue weighted by molar-refractivity contribution is 0.102. The summed E-state index contributed by atoms with van der Waals surface area (Å²) in [6.45, 7) is 6.09. The number of benzene rings is 2. The highest BCUT2D eigenvalue weighted by atomic mass is 16.2. The molecule has 0 radical (unpaired) electrons. The van der Waals surface area contributed by atoms with Gasteiger partial charge in [-0.2, -0.15) is 5.26 Å². The van der Waals surface area contributed by atoms with Crippen molar-refractivity contribution in [3.63, 3.8) is 0 Å². The number of aromatic nitrogens is 1. The van der Waals surface area contributed by atoms with Crippen molar-refractivity contribution in [3.8, 4) is 6.07 Å². The van der Waals surface area contributed by atoms with Crippen LogP contribution in [0.2, 0.25) is 0 Å². The number of pyridine rings is 1. The van der Waals surface area contributed by atoms with Crippen molar-refractivity contribution in [2.75, 3.05) is 10.6 Å². The molecule has 0 spiro atoms. The third-order valence-corrected chi connectivity index (χ3v) is 4.69. The highest BCUT2D eigenvalue weighted by Gasteiger charge is 2.16. The number of carbonyl (C=O) groups excluding carboxylic acids is 2. The Morgan fingerprint density at radius 3 is 2.40 bits per heavy atom. The molecule has 2 N–H and O–H groups in total. The molecule has 0 bridgehead atoms. The summed E-state index contributed by atoms with van der Waals surface area (Å²) in [4.78, 5) is 29.5. The van der Waals surface area contributed by atoms with E-state index in [0.29, 0.717) is 16.8 Å². The second kappa shape index (κ2) is 9.01. The summed E-state index contributed by atoms with van der Waals surface area (Å²) in [5.41, 5.74) is 4.32. The zero-order valence-corrected chi connectivity index (χ0v) is 17.1. The molecule has 2 amide bonds. The second-order valence-corrected chi connectivity index (χ2v) is 7.22. The van der Waals surface area contributed by atoms with Gasteiger partial charge in [-0.25, -0.2) is 0 Å². The van der Waals surface area contributed by atoms with Gasteiger partial charge in [0, 0.05) is 23.1 Å². The van der Waals surface area contributed by atoms with Crippen LogP contribution in [0.5, 0.6) is 0 Å². The number of para-hydroxylation sites is 1. The van der Waals surface area contributed by atoms with E-state index in [1.54, 1.807) is 30.3 Å². The molecule has 0 saturated carbocycles. The van der Waals surface area contributed by atoms with Crippen molar-refractivity contribution in [1.82, 2.24) is 4.98 Å². The maximum absolute atomic E-state index is 12.8. The molecule has 3 aromatic rings. The Morgan fingerprint density at radius 2 is 1.73 bits per heavy atom. The topological polar surface area (TPSA) is 94.9 Å². The standard InChI is InChI=1S/C24H22N4O2/c1-15(2)20-6-4-5-16(3)22(20)28-23(29)18-11-12-26-21(13-18)24(30)27-19-9-7-17(14-25)8-10-19/h4-13,15H,1-3H3,(H,27,30)(H,28,29). The lowest BCUT2D eigenvalue weighted by atomic mass is 9.98. The molecule has 0 fully saturated rings. The Morgan fingerprint density at radius 1 is 1.00 bits per heavy atom. The summed E-state index contributed by atoms with van der Waals surface area (Å²) in [5, 5.41) is 14.5. The van der Waals surface area contributed by atoms with Crippen molar-refractivity contribution < 1.29 is 9.59 Å². The van der Waals surface area contributed by atoms with Crippen LogP contribution in [0.25, 0.3) is 0 Å². The van der Waals surface area contributed by atoms with E-state index >= 15 is 0 Å². The van der Waals surface area contributed by atoms with E-state index < -0.39 is 5.91 Å². The largest absolute Gasteiger partial charge is 0.321 e. The molecular weight excluding hydrogens is 376 g/mol. The van der Waals surface area contributed by atoms with Gasteiger partial charge in [0.2, 0.25) is 0 Å². The van der Waals surface area contributed by atoms with Crippen LogP contribution < -0.4 is 10.6 Å². The van der Waals surface area contributed by atoms with E-state index in [1.807, 2.05) is 31.2 Å². The molecular formula is C24H22N4O2. The first-order valence-electron chi connectivity index (χ1n) is 9.57. The van der Waals surface area contributed by atoms with Gasteiger partial charge in [-0.1, -0.05) is 32.0 Å². The number of nitrogens with zero attached hydrogens (tertiary/aromatic N) is 2. The Hall–Kier alpha value is -3.98. The Kier molecular flexibility index (Phi) is 6.23. The van der Waals surface area contributed by atoms with Gasteiger partial charge in [0.25, 0.3) is 11.8 Å². The highest BCUT2D eigenvalue weighted by molar-refractivity contribution is 6.08. The number of rotatable bonds is 5. The quantitative estimate of drug-likeness (QED) is 0.640. The molecule has 6 heteroatoms. The molecule has 2 aromatic carbocycles. The van der Waals surface area contributed by atoms with Gasteiger partial charge in [0.1, 0.15) is 5.69 Å². The van der Waals surface area contributed by atoms with Gasteiger partial charge in [-0.05, 0) is 60.4 Å². The summed E-state index contributed by atoms with van der Waals surface area (Å²) in [5.74, 6) is -0.486. The minimum absolute atomic E-state index is 0.126. The summed E-state index contributed by atoms with van der Waals surface area (Å²) in [6, 6.07) is 17.5. The van der Waals surface area contributed by atoms with Gasteiger partial charge in [-0.15, -0.1) is 0 Å². The van der Waals surface area contributed by atoms with Crippen LogP contribution in [-0.4, -0.2) is 16.8 Å². The molecule has 0 aliphatic carbocycles. The number of amides is 2. The third-order valence-electron chi connectivity index (χ3n) is 4.69. The summed E-state index contributed by atoms with van der Waals surface area (Å²) >= 11 is 0. The normalized spacial score (nSPS) is 10.4. The molecule has 3 rings (SSSR count). The molecule has 6 nitrogen and oxygen atoms in total. The van der Waals surface area contributed by atoms with Crippen LogP contribution in [0, 0.1) is 18.3 Å². The predicted octanol–water partition coefficient (Wildman–Crippen LogP) is 4.89. The lowest BCUT2D eigenvalue weighted by Crippen LogP contribution is -2.18. The third kappa shape index (κ3) is 4.70. The van der Waals surface area contributed by atoms with E-state index in [2.05, 4.69) is 29.5 Å². The molecule has 0 unspecified atom stereocenters. The van der Waals surface area contributed by atoms with Crippen molar-refractivity contribution in [2.24, 2.45) is 0 Å². The molecule has 0 saturated heterocycles. The number of hydrogen-bond acceptors (Lipinski definition) is 4. The first kappa shape index (κ1) is 20.7. The number of hydrogen-bond donors (Lipinski definition) is 2. The first-order valence-corrected chi connectivity index (χ1v) is 9.57. The van der Waals surface area contributed by atoms with Crippen molar-refractivity contribution in [1.29, 1.82) is 5.26 Å². The smallest absolute Gasteiger partial charge is 0.274 e. The maximum Gasteiger partial charge on any atom is 0.274 e. The van der Waals surface area contributed by atoms with Gasteiger partial charge in [0.05, 0.1) is 11.6 Å². The summed E-state index contributed by atoms with van der Waals surface area (Å²) < 4.78 is 0. The maximum atomic E-state index is 12.8. The Balaban J connectivity index is 1.79. The van der Waals surface area contributed by atoms with Gasteiger partial charge >= 0.3 is 0 Å². The number of carbonyl (C=O) groups is 2. The minimum atomic E-state index is -0.437. The Labute approximate surface area is 175 Å². The number of nitriles is 1. The van der Waals surface area contributed by atoms with Crippen molar-refractivity contribution in [2.45, 2.75) is 26.7 Å². The van der Waals surface area contributed by atoms with Crippen LogP contribution in [0.1, 0.15) is 57.3 Å². The molecule has 1 heterocycles. The molecule has 0 aliphatic rings. The fourth-order valence-corrected chi connectivity index (χ4v) is 3.05. The monoisotopic (exact) mass is 398 g/mol. The van der Waals surface area contributed by atoms with E-state index in [0.717, 1.165) is 16.8 Å². The van der Waals surface area contributed by atoms with Crippen LogP contribution in [0.3, 0.4) is 0 Å². The van der Waals surface area contributed by atoms with E-state index in [1.165, 1.54) is 12.3 Å². The van der Waals surface area contributed by atoms with Crippen LogP contribution >= 0.6 is 0 Å².